The van der Waals surface area contributed by atoms with Crippen LogP contribution in [0.4, 0.5) is 5.82 Å². The highest BCUT2D eigenvalue weighted by molar-refractivity contribution is 6.37. The molecule has 0 saturated carbocycles. The molecule has 146 valence electrons. The van der Waals surface area contributed by atoms with E-state index in [-0.39, 0.29) is 22.3 Å². The average molecular weight is 423 g/mol. The molecule has 0 radical (unpaired) electrons. The Morgan fingerprint density at radius 1 is 1.21 bits per heavy atom. The van der Waals surface area contributed by atoms with Gasteiger partial charge in [-0.05, 0) is 18.4 Å². The molecule has 0 fully saturated rings. The number of carbonyl (C=O) groups is 2. The van der Waals surface area contributed by atoms with Crippen LogP contribution in [-0.4, -0.2) is 43.0 Å². The van der Waals surface area contributed by atoms with Gasteiger partial charge < -0.3 is 10.1 Å². The largest absolute Gasteiger partial charge is 0.452 e. The van der Waals surface area contributed by atoms with Gasteiger partial charge in [0.05, 0.1) is 21.3 Å². The standard InChI is InChI=1S/C17H16Cl2N6O3/c1-8(2)14-10(4-21-17-22-7-23-25(14)17)16(27)28-6-12(26)24-15-13(19)9(3)11(18)5-20-15/h4-5,7-8H,6H2,1-3H3,(H,20,24,26). The fourth-order valence-corrected chi connectivity index (χ4v) is 2.92. The van der Waals surface area contributed by atoms with Crippen LogP contribution in [0, 0.1) is 6.92 Å². The first-order valence-electron chi connectivity index (χ1n) is 8.25. The van der Waals surface area contributed by atoms with Crippen molar-refractivity contribution in [1.29, 1.82) is 0 Å². The minimum absolute atomic E-state index is 0.0522. The number of ether oxygens (including phenoxy) is 1. The summed E-state index contributed by atoms with van der Waals surface area (Å²) < 4.78 is 6.60. The number of nitrogens with zero attached hydrogens (tertiary/aromatic N) is 5. The van der Waals surface area contributed by atoms with E-state index in [0.29, 0.717) is 22.1 Å². The molecule has 0 atom stereocenters. The van der Waals surface area contributed by atoms with E-state index in [4.69, 9.17) is 27.9 Å². The molecule has 0 saturated heterocycles. The second-order valence-corrected chi connectivity index (χ2v) is 6.99. The summed E-state index contributed by atoms with van der Waals surface area (Å²) in [5, 5.41) is 7.17. The zero-order valence-electron chi connectivity index (χ0n) is 15.2. The lowest BCUT2D eigenvalue weighted by atomic mass is 10.1. The Hall–Kier alpha value is -2.78. The quantitative estimate of drug-likeness (QED) is 0.628. The number of halogens is 2. The number of rotatable bonds is 5. The SMILES string of the molecule is Cc1c(Cl)cnc(NC(=O)COC(=O)c2cnc3ncnn3c2C(C)C)c1Cl. The molecule has 0 aliphatic rings. The summed E-state index contributed by atoms with van der Waals surface area (Å²) in [6, 6.07) is 0. The van der Waals surface area contributed by atoms with E-state index >= 15 is 0 Å². The molecule has 1 N–H and O–H groups in total. The van der Waals surface area contributed by atoms with Crippen LogP contribution in [0.1, 0.15) is 41.4 Å². The van der Waals surface area contributed by atoms with Crippen molar-refractivity contribution >= 4 is 46.7 Å². The number of pyridine rings is 1. The summed E-state index contributed by atoms with van der Waals surface area (Å²) in [5.41, 5.74) is 1.38. The molecular formula is C17H16Cl2N6O3. The summed E-state index contributed by atoms with van der Waals surface area (Å²) in [4.78, 5) is 36.7. The number of hydrogen-bond acceptors (Lipinski definition) is 7. The van der Waals surface area contributed by atoms with Gasteiger partial charge in [0, 0.05) is 12.4 Å². The van der Waals surface area contributed by atoms with E-state index in [1.807, 2.05) is 13.8 Å². The van der Waals surface area contributed by atoms with E-state index in [0.717, 1.165) is 0 Å². The molecule has 3 aromatic heterocycles. The van der Waals surface area contributed by atoms with Crippen LogP contribution in [0.25, 0.3) is 5.78 Å². The first-order chi connectivity index (χ1) is 13.3. The molecule has 0 aromatic carbocycles. The zero-order valence-corrected chi connectivity index (χ0v) is 16.7. The number of esters is 1. The molecule has 28 heavy (non-hydrogen) atoms. The summed E-state index contributed by atoms with van der Waals surface area (Å²) >= 11 is 12.0. The number of nitrogens with one attached hydrogen (secondary N) is 1. The van der Waals surface area contributed by atoms with E-state index in [1.54, 1.807) is 6.92 Å². The highest BCUT2D eigenvalue weighted by atomic mass is 35.5. The minimum atomic E-state index is -0.699. The smallest absolute Gasteiger partial charge is 0.342 e. The molecule has 1 amide bonds. The normalized spacial score (nSPS) is 11.1. The van der Waals surface area contributed by atoms with Gasteiger partial charge in [0.1, 0.15) is 6.33 Å². The summed E-state index contributed by atoms with van der Waals surface area (Å²) in [7, 11) is 0. The van der Waals surface area contributed by atoms with Gasteiger partial charge in [-0.2, -0.15) is 10.1 Å². The summed E-state index contributed by atoms with van der Waals surface area (Å²) in [6.45, 7) is 4.97. The highest BCUT2D eigenvalue weighted by Crippen LogP contribution is 2.28. The van der Waals surface area contributed by atoms with Crippen LogP contribution in [0.15, 0.2) is 18.7 Å². The van der Waals surface area contributed by atoms with Gasteiger partial charge >= 0.3 is 5.97 Å². The number of anilines is 1. The first-order valence-corrected chi connectivity index (χ1v) is 9.01. The van der Waals surface area contributed by atoms with Gasteiger partial charge in [0.2, 0.25) is 0 Å². The van der Waals surface area contributed by atoms with Gasteiger partial charge in [-0.15, -0.1) is 0 Å². The van der Waals surface area contributed by atoms with Gasteiger partial charge in [-0.1, -0.05) is 37.0 Å². The third-order valence-electron chi connectivity index (χ3n) is 3.90. The van der Waals surface area contributed by atoms with Gasteiger partial charge in [0.15, 0.2) is 12.4 Å². The third-order valence-corrected chi connectivity index (χ3v) is 4.75. The number of aromatic nitrogens is 5. The monoisotopic (exact) mass is 422 g/mol. The van der Waals surface area contributed by atoms with Crippen LogP contribution in [0.5, 0.6) is 0 Å². The van der Waals surface area contributed by atoms with Crippen molar-refractivity contribution in [3.63, 3.8) is 0 Å². The van der Waals surface area contributed by atoms with Crippen LogP contribution in [-0.2, 0) is 9.53 Å². The van der Waals surface area contributed by atoms with Crippen molar-refractivity contribution in [1.82, 2.24) is 24.6 Å². The molecule has 11 heteroatoms. The Balaban J connectivity index is 1.72. The zero-order chi connectivity index (χ0) is 20.4. The second kappa shape index (κ2) is 8.07. The molecule has 0 unspecified atom stereocenters. The van der Waals surface area contributed by atoms with Gasteiger partial charge in [-0.3, -0.25) is 4.79 Å². The summed E-state index contributed by atoms with van der Waals surface area (Å²) in [5.74, 6) is -0.834. The summed E-state index contributed by atoms with van der Waals surface area (Å²) in [6.07, 6.45) is 4.08. The number of fused-ring (bicyclic) bond motifs is 1. The molecule has 0 aliphatic heterocycles. The molecule has 0 bridgehead atoms. The number of carbonyl (C=O) groups excluding carboxylic acids is 2. The van der Waals surface area contributed by atoms with Gasteiger partial charge in [-0.25, -0.2) is 19.3 Å². The maximum Gasteiger partial charge on any atom is 0.342 e. The highest BCUT2D eigenvalue weighted by Gasteiger charge is 2.21. The molecule has 3 heterocycles. The predicted octanol–water partition coefficient (Wildman–Crippen LogP) is 3.05. The number of hydrogen-bond donors (Lipinski definition) is 1. The fourth-order valence-electron chi connectivity index (χ4n) is 2.53. The third kappa shape index (κ3) is 3.90. The lowest BCUT2D eigenvalue weighted by Crippen LogP contribution is -2.23. The topological polar surface area (TPSA) is 111 Å². The molecule has 9 nitrogen and oxygen atoms in total. The second-order valence-electron chi connectivity index (χ2n) is 6.20. The minimum Gasteiger partial charge on any atom is -0.452 e. The van der Waals surface area contributed by atoms with Crippen molar-refractivity contribution in [2.24, 2.45) is 0 Å². The Morgan fingerprint density at radius 2 is 1.96 bits per heavy atom. The first kappa shape index (κ1) is 20.0. The van der Waals surface area contributed by atoms with Crippen molar-refractivity contribution in [2.75, 3.05) is 11.9 Å². The van der Waals surface area contributed by atoms with E-state index in [1.165, 1.54) is 23.2 Å². The van der Waals surface area contributed by atoms with Crippen molar-refractivity contribution < 1.29 is 14.3 Å². The Bertz CT molecular complexity index is 1070. The van der Waals surface area contributed by atoms with Crippen LogP contribution >= 0.6 is 23.2 Å². The lowest BCUT2D eigenvalue weighted by Gasteiger charge is -2.13. The Labute approximate surface area is 170 Å². The fraction of sp³-hybridized carbons (Fsp3) is 0.294. The molecule has 3 rings (SSSR count). The van der Waals surface area contributed by atoms with E-state index in [2.05, 4.69) is 25.4 Å². The van der Waals surface area contributed by atoms with Crippen LogP contribution in [0.3, 0.4) is 0 Å². The van der Waals surface area contributed by atoms with Gasteiger partial charge in [0.25, 0.3) is 11.7 Å². The Morgan fingerprint density at radius 3 is 2.68 bits per heavy atom. The average Bonchev–Trinajstić information content (AvgIpc) is 3.14. The molecule has 3 aromatic rings. The van der Waals surface area contributed by atoms with E-state index < -0.39 is 18.5 Å². The molecule has 0 spiro atoms. The Kier molecular flexibility index (Phi) is 5.76. The van der Waals surface area contributed by atoms with Crippen LogP contribution < -0.4 is 5.32 Å². The molecular weight excluding hydrogens is 407 g/mol. The maximum atomic E-state index is 12.5. The van der Waals surface area contributed by atoms with E-state index in [9.17, 15) is 9.59 Å². The number of amides is 1. The van der Waals surface area contributed by atoms with Crippen LogP contribution in [0.2, 0.25) is 10.0 Å². The lowest BCUT2D eigenvalue weighted by molar-refractivity contribution is -0.119. The maximum absolute atomic E-state index is 12.5. The van der Waals surface area contributed by atoms with Crippen molar-refractivity contribution in [2.45, 2.75) is 26.7 Å². The van der Waals surface area contributed by atoms with Crippen molar-refractivity contribution in [3.8, 4) is 0 Å². The molecule has 0 aliphatic carbocycles. The predicted molar refractivity (Wildman–Crippen MR) is 103 cm³/mol. The van der Waals surface area contributed by atoms with Crippen molar-refractivity contribution in [3.05, 3.63) is 45.6 Å².